The number of carbonyl (C=O) groups is 1. The van der Waals surface area contributed by atoms with Gasteiger partial charge in [0.05, 0.1) is 11.5 Å². The molecule has 0 radical (unpaired) electrons. The number of hydrogen-bond donors (Lipinski definition) is 1. The number of aliphatic imine (C=N–C) groups is 1. The Morgan fingerprint density at radius 1 is 1.17 bits per heavy atom. The summed E-state index contributed by atoms with van der Waals surface area (Å²) in [4.78, 5) is 32.1. The van der Waals surface area contributed by atoms with Crippen LogP contribution in [0.1, 0.15) is 17.4 Å². The highest BCUT2D eigenvalue weighted by atomic mass is 32.1. The minimum Gasteiger partial charge on any atom is -0.356 e. The lowest BCUT2D eigenvalue weighted by molar-refractivity contribution is -0.384. The fraction of sp³-hybridized carbons (Fsp3) is 0.400. The summed E-state index contributed by atoms with van der Waals surface area (Å²) in [5.74, 6) is 0.905. The lowest BCUT2D eigenvalue weighted by Crippen LogP contribution is -2.53. The van der Waals surface area contributed by atoms with Gasteiger partial charge in [0, 0.05) is 56.7 Å². The van der Waals surface area contributed by atoms with E-state index in [4.69, 9.17) is 4.99 Å². The Labute approximate surface area is 174 Å². The topological polar surface area (TPSA) is 91.1 Å². The molecule has 0 saturated carbocycles. The quantitative estimate of drug-likeness (QED) is 0.339. The second-order valence-corrected chi connectivity index (χ2v) is 7.84. The molecule has 2 heterocycles. The Kier molecular flexibility index (Phi) is 7.18. The number of piperazine rings is 1. The van der Waals surface area contributed by atoms with Crippen LogP contribution in [-0.4, -0.2) is 59.3 Å². The number of benzene rings is 1. The van der Waals surface area contributed by atoms with E-state index in [1.165, 1.54) is 17.0 Å². The van der Waals surface area contributed by atoms with E-state index >= 15 is 0 Å². The number of nitro groups is 1. The molecule has 1 aromatic carbocycles. The number of guanidine groups is 1. The summed E-state index contributed by atoms with van der Waals surface area (Å²) in [6.45, 7) is 5.61. The number of amides is 1. The van der Waals surface area contributed by atoms with Gasteiger partial charge >= 0.3 is 0 Å². The van der Waals surface area contributed by atoms with Crippen LogP contribution in [0.4, 0.5) is 5.69 Å². The highest BCUT2D eigenvalue weighted by Crippen LogP contribution is 2.13. The van der Waals surface area contributed by atoms with Gasteiger partial charge in [-0.1, -0.05) is 18.2 Å². The molecule has 1 aromatic heterocycles. The molecule has 9 heteroatoms. The van der Waals surface area contributed by atoms with Gasteiger partial charge in [-0.15, -0.1) is 11.3 Å². The molecule has 1 amide bonds. The van der Waals surface area contributed by atoms with Gasteiger partial charge in [-0.25, -0.2) is 4.99 Å². The number of nitro benzene ring substituents is 1. The van der Waals surface area contributed by atoms with Gasteiger partial charge in [0.1, 0.15) is 0 Å². The monoisotopic (exact) mass is 415 g/mol. The minimum atomic E-state index is -0.404. The number of nitrogens with zero attached hydrogens (tertiary/aromatic N) is 4. The van der Waals surface area contributed by atoms with Gasteiger partial charge < -0.3 is 15.1 Å². The van der Waals surface area contributed by atoms with Crippen molar-refractivity contribution >= 4 is 28.9 Å². The zero-order valence-electron chi connectivity index (χ0n) is 16.4. The Bertz CT molecular complexity index is 844. The van der Waals surface area contributed by atoms with Gasteiger partial charge in [0.2, 0.25) is 5.91 Å². The number of non-ortho nitro benzene ring substituents is 1. The molecule has 8 nitrogen and oxygen atoms in total. The van der Waals surface area contributed by atoms with Crippen LogP contribution in [0, 0.1) is 10.1 Å². The molecule has 0 bridgehead atoms. The van der Waals surface area contributed by atoms with Crippen LogP contribution in [0.2, 0.25) is 0 Å². The second-order valence-electron chi connectivity index (χ2n) is 6.81. The molecule has 0 atom stereocenters. The standard InChI is InChI=1S/C20H25N5O3S/c1-16(26)23-10-12-24(13-11-23)20(21-9-8-19-3-2-14-29-19)22-15-17-4-6-18(7-5-17)25(27)28/h2-7,14H,8-13,15H2,1H3,(H,21,22). The van der Waals surface area contributed by atoms with E-state index in [1.807, 2.05) is 11.0 Å². The number of carbonyl (C=O) groups excluding carboxylic acids is 1. The van der Waals surface area contributed by atoms with Gasteiger partial charge in [0.25, 0.3) is 5.69 Å². The van der Waals surface area contributed by atoms with Crippen LogP contribution in [0.3, 0.4) is 0 Å². The van der Waals surface area contributed by atoms with Crippen LogP contribution in [0.25, 0.3) is 0 Å². The van der Waals surface area contributed by atoms with Gasteiger partial charge in [0.15, 0.2) is 5.96 Å². The van der Waals surface area contributed by atoms with Crippen LogP contribution in [0.15, 0.2) is 46.8 Å². The molecular weight excluding hydrogens is 390 g/mol. The average Bonchev–Trinajstić information content (AvgIpc) is 3.24. The Hall–Kier alpha value is -2.94. The molecule has 3 rings (SSSR count). The van der Waals surface area contributed by atoms with Crippen LogP contribution in [-0.2, 0) is 17.8 Å². The van der Waals surface area contributed by atoms with E-state index in [9.17, 15) is 14.9 Å². The maximum atomic E-state index is 11.6. The molecule has 154 valence electrons. The zero-order valence-corrected chi connectivity index (χ0v) is 17.2. The van der Waals surface area contributed by atoms with E-state index < -0.39 is 4.92 Å². The predicted octanol–water partition coefficient (Wildman–Crippen LogP) is 2.51. The van der Waals surface area contributed by atoms with Crippen molar-refractivity contribution in [2.75, 3.05) is 32.7 Å². The van der Waals surface area contributed by atoms with Gasteiger partial charge in [-0.3, -0.25) is 14.9 Å². The van der Waals surface area contributed by atoms with E-state index in [0.29, 0.717) is 19.6 Å². The first kappa shape index (κ1) is 20.8. The molecule has 29 heavy (non-hydrogen) atoms. The third-order valence-electron chi connectivity index (χ3n) is 4.82. The summed E-state index contributed by atoms with van der Waals surface area (Å²) < 4.78 is 0. The van der Waals surface area contributed by atoms with Crippen molar-refractivity contribution in [1.82, 2.24) is 15.1 Å². The highest BCUT2D eigenvalue weighted by Gasteiger charge is 2.21. The molecule has 1 saturated heterocycles. The predicted molar refractivity (Wildman–Crippen MR) is 114 cm³/mol. The SMILES string of the molecule is CC(=O)N1CCN(C(=NCc2ccc([N+](=O)[O-])cc2)NCCc2cccs2)CC1. The number of hydrogen-bond acceptors (Lipinski definition) is 5. The van der Waals surface area contributed by atoms with Crippen LogP contribution >= 0.6 is 11.3 Å². The molecular formula is C20H25N5O3S. The normalized spacial score (nSPS) is 14.7. The van der Waals surface area contributed by atoms with Crippen molar-refractivity contribution in [2.45, 2.75) is 19.9 Å². The number of thiophene rings is 1. The molecule has 2 aromatic rings. The van der Waals surface area contributed by atoms with Gasteiger partial charge in [-0.2, -0.15) is 0 Å². The first-order valence-electron chi connectivity index (χ1n) is 9.57. The highest BCUT2D eigenvalue weighted by molar-refractivity contribution is 7.09. The van der Waals surface area contributed by atoms with Crippen LogP contribution < -0.4 is 5.32 Å². The maximum absolute atomic E-state index is 11.6. The Balaban J connectivity index is 1.64. The summed E-state index contributed by atoms with van der Waals surface area (Å²) >= 11 is 1.73. The van der Waals surface area contributed by atoms with Crippen molar-refractivity contribution in [3.05, 3.63) is 62.3 Å². The van der Waals surface area contributed by atoms with Crippen molar-refractivity contribution in [3.8, 4) is 0 Å². The minimum absolute atomic E-state index is 0.0763. The first-order valence-corrected chi connectivity index (χ1v) is 10.5. The third-order valence-corrected chi connectivity index (χ3v) is 5.75. The summed E-state index contributed by atoms with van der Waals surface area (Å²) in [5, 5.41) is 16.3. The van der Waals surface area contributed by atoms with E-state index in [0.717, 1.165) is 37.6 Å². The molecule has 0 aliphatic carbocycles. The summed E-state index contributed by atoms with van der Waals surface area (Å²) in [5.41, 5.74) is 0.989. The van der Waals surface area contributed by atoms with E-state index in [-0.39, 0.29) is 11.6 Å². The molecule has 0 spiro atoms. The lowest BCUT2D eigenvalue weighted by Gasteiger charge is -2.36. The molecule has 0 unspecified atom stereocenters. The van der Waals surface area contributed by atoms with Crippen molar-refractivity contribution < 1.29 is 9.72 Å². The van der Waals surface area contributed by atoms with E-state index in [2.05, 4.69) is 21.7 Å². The first-order chi connectivity index (χ1) is 14.0. The molecule has 1 aliphatic rings. The van der Waals surface area contributed by atoms with Crippen molar-refractivity contribution in [2.24, 2.45) is 4.99 Å². The third kappa shape index (κ3) is 6.02. The average molecular weight is 416 g/mol. The zero-order chi connectivity index (χ0) is 20.6. The lowest BCUT2D eigenvalue weighted by atomic mass is 10.2. The smallest absolute Gasteiger partial charge is 0.269 e. The summed E-state index contributed by atoms with van der Waals surface area (Å²) in [6, 6.07) is 10.6. The fourth-order valence-corrected chi connectivity index (χ4v) is 3.85. The van der Waals surface area contributed by atoms with Crippen LogP contribution in [0.5, 0.6) is 0 Å². The molecule has 1 fully saturated rings. The molecule has 1 N–H and O–H groups in total. The summed E-state index contributed by atoms with van der Waals surface area (Å²) in [6.07, 6.45) is 0.918. The Morgan fingerprint density at radius 3 is 2.45 bits per heavy atom. The largest absolute Gasteiger partial charge is 0.356 e. The number of rotatable bonds is 6. The van der Waals surface area contributed by atoms with Crippen molar-refractivity contribution in [3.63, 3.8) is 0 Å². The van der Waals surface area contributed by atoms with E-state index in [1.54, 1.807) is 30.4 Å². The number of nitrogens with one attached hydrogen (secondary N) is 1. The second kappa shape index (κ2) is 10.0. The van der Waals surface area contributed by atoms with Gasteiger partial charge in [-0.05, 0) is 23.4 Å². The van der Waals surface area contributed by atoms with Crippen molar-refractivity contribution in [1.29, 1.82) is 0 Å². The molecule has 1 aliphatic heterocycles. The maximum Gasteiger partial charge on any atom is 0.269 e. The Morgan fingerprint density at radius 2 is 1.86 bits per heavy atom. The fourth-order valence-electron chi connectivity index (χ4n) is 3.14. The summed E-state index contributed by atoms with van der Waals surface area (Å²) in [7, 11) is 0.